The Balaban J connectivity index is 2.24. The van der Waals surface area contributed by atoms with Gasteiger partial charge in [-0.05, 0) is 27.1 Å². The lowest BCUT2D eigenvalue weighted by Crippen LogP contribution is -2.00. The van der Waals surface area contributed by atoms with Gasteiger partial charge in [-0.15, -0.1) is 11.3 Å². The summed E-state index contributed by atoms with van der Waals surface area (Å²) in [7, 11) is 1.65. The van der Waals surface area contributed by atoms with Crippen LogP contribution in [0, 0.1) is 0 Å². The van der Waals surface area contributed by atoms with Crippen LogP contribution in [0.15, 0.2) is 34.2 Å². The maximum absolute atomic E-state index is 10.2. The van der Waals surface area contributed by atoms with Crippen LogP contribution in [0.2, 0.25) is 0 Å². The topological polar surface area (TPSA) is 42.4 Å². The van der Waals surface area contributed by atoms with Gasteiger partial charge in [-0.25, -0.2) is 4.98 Å². The van der Waals surface area contributed by atoms with Gasteiger partial charge in [0.2, 0.25) is 0 Å². The van der Waals surface area contributed by atoms with Crippen LogP contribution < -0.4 is 0 Å². The molecular formula is C12H12BrNO2S. The van der Waals surface area contributed by atoms with Crippen LogP contribution in [0.5, 0.6) is 0 Å². The number of hydrogen-bond donors (Lipinski definition) is 1. The minimum Gasteiger partial charge on any atom is -0.381 e. The Bertz CT molecular complexity index is 501. The second-order valence-electron chi connectivity index (χ2n) is 3.59. The maximum Gasteiger partial charge on any atom is 0.131 e. The number of benzene rings is 1. The molecule has 5 heteroatoms. The predicted octanol–water partition coefficient (Wildman–Crippen LogP) is 3.13. The number of methoxy groups -OCH3 is 1. The van der Waals surface area contributed by atoms with Gasteiger partial charge in [0.15, 0.2) is 0 Å². The van der Waals surface area contributed by atoms with E-state index in [0.29, 0.717) is 11.6 Å². The first kappa shape index (κ1) is 12.7. The van der Waals surface area contributed by atoms with E-state index in [4.69, 9.17) is 4.74 Å². The number of nitrogens with zero attached hydrogens (tertiary/aromatic N) is 1. The number of thiazole rings is 1. The third kappa shape index (κ3) is 3.13. The van der Waals surface area contributed by atoms with E-state index in [-0.39, 0.29) is 0 Å². The van der Waals surface area contributed by atoms with Crippen molar-refractivity contribution in [2.45, 2.75) is 12.7 Å². The van der Waals surface area contributed by atoms with Gasteiger partial charge in [0.25, 0.3) is 0 Å². The van der Waals surface area contributed by atoms with Crippen molar-refractivity contribution in [2.75, 3.05) is 7.11 Å². The molecule has 1 atom stereocenters. The number of hydrogen-bond acceptors (Lipinski definition) is 4. The van der Waals surface area contributed by atoms with E-state index in [9.17, 15) is 5.11 Å². The fourth-order valence-corrected chi connectivity index (χ4v) is 2.83. The summed E-state index contributed by atoms with van der Waals surface area (Å²) in [5.41, 5.74) is 1.88. The molecule has 2 rings (SSSR count). The van der Waals surface area contributed by atoms with Crippen molar-refractivity contribution < 1.29 is 9.84 Å². The molecule has 0 saturated carbocycles. The smallest absolute Gasteiger partial charge is 0.131 e. The highest BCUT2D eigenvalue weighted by Crippen LogP contribution is 2.27. The van der Waals surface area contributed by atoms with Gasteiger partial charge in [0.05, 0.1) is 6.61 Å². The summed E-state index contributed by atoms with van der Waals surface area (Å²) in [6.07, 6.45) is -0.678. The second-order valence-corrected chi connectivity index (χ2v) is 5.29. The van der Waals surface area contributed by atoms with E-state index in [1.165, 1.54) is 11.3 Å². The van der Waals surface area contributed by atoms with Crippen LogP contribution in [0.4, 0.5) is 0 Å². The first-order valence-corrected chi connectivity index (χ1v) is 6.74. The minimum atomic E-state index is -0.678. The molecule has 0 saturated heterocycles. The molecule has 0 aliphatic carbocycles. The number of ether oxygens (including phenoxy) is 1. The molecule has 1 N–H and O–H groups in total. The zero-order valence-electron chi connectivity index (χ0n) is 9.26. The largest absolute Gasteiger partial charge is 0.381 e. The third-order valence-corrected chi connectivity index (χ3v) is 3.91. The Hall–Kier alpha value is -0.750. The molecule has 0 spiro atoms. The Morgan fingerprint density at radius 2 is 2.35 bits per heavy atom. The monoisotopic (exact) mass is 313 g/mol. The average molecular weight is 314 g/mol. The zero-order chi connectivity index (χ0) is 12.3. The van der Waals surface area contributed by atoms with Gasteiger partial charge in [0, 0.05) is 12.5 Å². The first-order valence-electron chi connectivity index (χ1n) is 5.07. The lowest BCUT2D eigenvalue weighted by Gasteiger charge is -2.09. The van der Waals surface area contributed by atoms with Gasteiger partial charge in [-0.2, -0.15) is 0 Å². The van der Waals surface area contributed by atoms with Crippen molar-refractivity contribution >= 4 is 27.3 Å². The molecule has 1 aromatic carbocycles. The molecule has 1 unspecified atom stereocenters. The van der Waals surface area contributed by atoms with Crippen LogP contribution in [0.25, 0.3) is 0 Å². The number of aliphatic hydroxyl groups excluding tert-OH is 1. The summed E-state index contributed by atoms with van der Waals surface area (Å²) in [6.45, 7) is 0.544. The van der Waals surface area contributed by atoms with Crippen LogP contribution in [0.1, 0.15) is 22.2 Å². The van der Waals surface area contributed by atoms with Gasteiger partial charge < -0.3 is 9.84 Å². The molecule has 0 bridgehead atoms. The lowest BCUT2D eigenvalue weighted by atomic mass is 10.1. The summed E-state index contributed by atoms with van der Waals surface area (Å²) in [5, 5.41) is 12.7. The van der Waals surface area contributed by atoms with Crippen molar-refractivity contribution in [3.8, 4) is 0 Å². The molecule has 1 heterocycles. The Kier molecular flexibility index (Phi) is 4.28. The van der Waals surface area contributed by atoms with E-state index in [2.05, 4.69) is 20.9 Å². The maximum atomic E-state index is 10.2. The summed E-state index contributed by atoms with van der Waals surface area (Å²) in [4.78, 5) is 4.22. The van der Waals surface area contributed by atoms with Crippen molar-refractivity contribution in [2.24, 2.45) is 0 Å². The molecule has 0 radical (unpaired) electrons. The van der Waals surface area contributed by atoms with Gasteiger partial charge in [-0.3, -0.25) is 0 Å². The van der Waals surface area contributed by atoms with E-state index >= 15 is 0 Å². The summed E-state index contributed by atoms with van der Waals surface area (Å²) in [5.74, 6) is 0. The highest BCUT2D eigenvalue weighted by Gasteiger charge is 2.14. The lowest BCUT2D eigenvalue weighted by molar-refractivity contribution is 0.184. The Morgan fingerprint density at radius 3 is 3.00 bits per heavy atom. The van der Waals surface area contributed by atoms with Crippen molar-refractivity contribution in [1.29, 1.82) is 0 Å². The fraction of sp³-hybridized carbons (Fsp3) is 0.250. The fourth-order valence-electron chi connectivity index (χ4n) is 1.55. The predicted molar refractivity (Wildman–Crippen MR) is 71.0 cm³/mol. The molecule has 0 fully saturated rings. The molecule has 0 aliphatic heterocycles. The second kappa shape index (κ2) is 5.73. The summed E-state index contributed by atoms with van der Waals surface area (Å²) >= 11 is 4.71. The average Bonchev–Trinajstić information content (AvgIpc) is 2.76. The molecule has 1 aromatic heterocycles. The number of aromatic nitrogens is 1. The Labute approximate surface area is 112 Å². The highest BCUT2D eigenvalue weighted by atomic mass is 79.9. The van der Waals surface area contributed by atoms with Crippen molar-refractivity contribution in [3.05, 3.63) is 50.4 Å². The molecule has 3 nitrogen and oxygen atoms in total. The van der Waals surface area contributed by atoms with Crippen LogP contribution in [-0.2, 0) is 11.3 Å². The first-order chi connectivity index (χ1) is 8.20. The Morgan fingerprint density at radius 1 is 1.53 bits per heavy atom. The molecule has 2 aromatic rings. The van der Waals surface area contributed by atoms with E-state index < -0.39 is 6.10 Å². The quantitative estimate of drug-likeness (QED) is 0.943. The summed E-state index contributed by atoms with van der Waals surface area (Å²) < 4.78 is 5.82. The number of rotatable bonds is 4. The van der Waals surface area contributed by atoms with E-state index in [1.807, 2.05) is 29.6 Å². The van der Waals surface area contributed by atoms with E-state index in [1.54, 1.807) is 7.11 Å². The third-order valence-electron chi connectivity index (χ3n) is 2.31. The molecular weight excluding hydrogens is 302 g/mol. The van der Waals surface area contributed by atoms with Gasteiger partial charge >= 0.3 is 0 Å². The van der Waals surface area contributed by atoms with Crippen molar-refractivity contribution in [1.82, 2.24) is 4.98 Å². The van der Waals surface area contributed by atoms with Crippen molar-refractivity contribution in [3.63, 3.8) is 0 Å². The van der Waals surface area contributed by atoms with Crippen LogP contribution in [-0.4, -0.2) is 17.2 Å². The molecule has 0 amide bonds. The van der Waals surface area contributed by atoms with Crippen LogP contribution in [0.3, 0.4) is 0 Å². The highest BCUT2D eigenvalue weighted by molar-refractivity contribution is 9.10. The SMILES string of the molecule is COCc1cccc(C(O)c2nc(Br)cs2)c1. The van der Waals surface area contributed by atoms with E-state index in [0.717, 1.165) is 15.7 Å². The number of aliphatic hydroxyl groups is 1. The van der Waals surface area contributed by atoms with Crippen LogP contribution >= 0.6 is 27.3 Å². The van der Waals surface area contributed by atoms with Gasteiger partial charge in [0.1, 0.15) is 15.7 Å². The molecule has 17 heavy (non-hydrogen) atoms. The normalized spacial score (nSPS) is 12.6. The standard InChI is InChI=1S/C12H12BrNO2S/c1-16-6-8-3-2-4-9(5-8)11(15)12-14-10(13)7-17-12/h2-5,7,11,15H,6H2,1H3. The zero-order valence-corrected chi connectivity index (χ0v) is 11.7. The minimum absolute atomic E-state index is 0.544. The number of halogens is 1. The van der Waals surface area contributed by atoms with Gasteiger partial charge in [-0.1, -0.05) is 24.3 Å². The molecule has 90 valence electrons. The molecule has 0 aliphatic rings. The summed E-state index contributed by atoms with van der Waals surface area (Å²) in [6, 6.07) is 7.70.